The molecular formula is C19H13BrClNO5S. The molecule has 1 aliphatic heterocycles. The van der Waals surface area contributed by atoms with Gasteiger partial charge in [0, 0.05) is 5.02 Å². The van der Waals surface area contributed by atoms with Gasteiger partial charge in [-0.3, -0.25) is 9.59 Å². The summed E-state index contributed by atoms with van der Waals surface area (Å²) < 4.78 is 10.5. The van der Waals surface area contributed by atoms with Crippen LogP contribution in [0.2, 0.25) is 5.02 Å². The predicted molar refractivity (Wildman–Crippen MR) is 112 cm³/mol. The first-order valence-corrected chi connectivity index (χ1v) is 9.90. The first kappa shape index (κ1) is 20.4. The molecule has 2 amide bonds. The van der Waals surface area contributed by atoms with Gasteiger partial charge >= 0.3 is 5.97 Å². The van der Waals surface area contributed by atoms with Crippen LogP contribution in [0.5, 0.6) is 5.75 Å². The zero-order valence-electron chi connectivity index (χ0n) is 14.5. The van der Waals surface area contributed by atoms with Gasteiger partial charge in [0.15, 0.2) is 6.61 Å². The standard InChI is InChI=1S/C19H13BrClNO5S/c1-26-17(23)10-27-15-6-5-11(7-14(15)20)8-16-18(24)22(19(25)28-16)13-4-2-3-12(21)9-13/h2-9H,10H2,1H3/b16-8+. The minimum absolute atomic E-state index is 0.215. The molecule has 6 nitrogen and oxygen atoms in total. The molecule has 1 saturated heterocycles. The summed E-state index contributed by atoms with van der Waals surface area (Å²) in [5.41, 5.74) is 1.11. The molecule has 1 aliphatic rings. The molecule has 28 heavy (non-hydrogen) atoms. The highest BCUT2D eigenvalue weighted by Gasteiger charge is 2.36. The molecule has 0 atom stereocenters. The Morgan fingerprint density at radius 1 is 1.25 bits per heavy atom. The topological polar surface area (TPSA) is 72.9 Å². The Hall–Kier alpha value is -2.29. The molecule has 2 aromatic carbocycles. The summed E-state index contributed by atoms with van der Waals surface area (Å²) >= 11 is 10.2. The van der Waals surface area contributed by atoms with Crippen molar-refractivity contribution in [2.75, 3.05) is 18.6 Å². The SMILES string of the molecule is COC(=O)COc1ccc(/C=C2/SC(=O)N(c3cccc(Cl)c3)C2=O)cc1Br. The average Bonchev–Trinajstić information content (AvgIpc) is 2.94. The molecule has 3 rings (SSSR count). The summed E-state index contributed by atoms with van der Waals surface area (Å²) in [5, 5.41) is 0.0441. The van der Waals surface area contributed by atoms with E-state index in [1.165, 1.54) is 7.11 Å². The number of carbonyl (C=O) groups excluding carboxylic acids is 3. The van der Waals surface area contributed by atoms with Crippen molar-refractivity contribution in [2.45, 2.75) is 0 Å². The highest BCUT2D eigenvalue weighted by atomic mass is 79.9. The number of imide groups is 1. The molecule has 0 saturated carbocycles. The first-order valence-electron chi connectivity index (χ1n) is 7.91. The second kappa shape index (κ2) is 8.81. The summed E-state index contributed by atoms with van der Waals surface area (Å²) in [5.74, 6) is -0.459. The number of anilines is 1. The van der Waals surface area contributed by atoms with E-state index in [1.54, 1.807) is 48.5 Å². The van der Waals surface area contributed by atoms with Crippen molar-refractivity contribution >= 4 is 68.2 Å². The fraction of sp³-hybridized carbons (Fsp3) is 0.105. The van der Waals surface area contributed by atoms with Gasteiger partial charge in [0.1, 0.15) is 5.75 Å². The van der Waals surface area contributed by atoms with Gasteiger partial charge in [0.25, 0.3) is 11.1 Å². The Morgan fingerprint density at radius 2 is 2.04 bits per heavy atom. The van der Waals surface area contributed by atoms with E-state index in [1.807, 2.05) is 0 Å². The van der Waals surface area contributed by atoms with Crippen molar-refractivity contribution in [3.8, 4) is 5.75 Å². The molecule has 0 spiro atoms. The number of rotatable bonds is 5. The van der Waals surface area contributed by atoms with E-state index in [-0.39, 0.29) is 6.61 Å². The number of methoxy groups -OCH3 is 1. The molecule has 144 valence electrons. The maximum atomic E-state index is 12.7. The van der Waals surface area contributed by atoms with Crippen molar-refractivity contribution in [3.05, 3.63) is 62.4 Å². The van der Waals surface area contributed by atoms with E-state index in [0.717, 1.165) is 16.7 Å². The first-order chi connectivity index (χ1) is 13.4. The Bertz CT molecular complexity index is 994. The van der Waals surface area contributed by atoms with E-state index in [2.05, 4.69) is 20.7 Å². The highest BCUT2D eigenvalue weighted by Crippen LogP contribution is 2.37. The lowest BCUT2D eigenvalue weighted by Gasteiger charge is -2.12. The van der Waals surface area contributed by atoms with Crippen molar-refractivity contribution in [2.24, 2.45) is 0 Å². The normalized spacial score (nSPS) is 15.2. The van der Waals surface area contributed by atoms with Gasteiger partial charge in [-0.15, -0.1) is 0 Å². The maximum absolute atomic E-state index is 12.7. The molecule has 0 radical (unpaired) electrons. The second-order valence-corrected chi connectivity index (χ2v) is 7.84. The number of ether oxygens (including phenoxy) is 2. The number of nitrogens with zero attached hydrogens (tertiary/aromatic N) is 1. The van der Waals surface area contributed by atoms with Crippen LogP contribution < -0.4 is 9.64 Å². The third-order valence-corrected chi connectivity index (χ3v) is 5.41. The minimum Gasteiger partial charge on any atom is -0.481 e. The average molecular weight is 483 g/mol. The molecule has 0 aliphatic carbocycles. The van der Waals surface area contributed by atoms with Gasteiger partial charge in [-0.2, -0.15) is 0 Å². The van der Waals surface area contributed by atoms with Gasteiger partial charge in [0.05, 0.1) is 22.2 Å². The number of benzene rings is 2. The van der Waals surface area contributed by atoms with Gasteiger partial charge in [-0.25, -0.2) is 9.69 Å². The maximum Gasteiger partial charge on any atom is 0.343 e. The summed E-state index contributed by atoms with van der Waals surface area (Å²) in [6, 6.07) is 11.6. The van der Waals surface area contributed by atoms with Gasteiger partial charge in [0.2, 0.25) is 0 Å². The summed E-state index contributed by atoms with van der Waals surface area (Å²) in [4.78, 5) is 37.5. The number of esters is 1. The van der Waals surface area contributed by atoms with Crippen LogP contribution in [0.15, 0.2) is 51.8 Å². The van der Waals surface area contributed by atoms with Crippen LogP contribution in [0.3, 0.4) is 0 Å². The van der Waals surface area contributed by atoms with E-state index < -0.39 is 17.1 Å². The Balaban J connectivity index is 1.80. The number of thioether (sulfide) groups is 1. The van der Waals surface area contributed by atoms with Crippen LogP contribution in [-0.4, -0.2) is 30.8 Å². The molecule has 0 aromatic heterocycles. The minimum atomic E-state index is -0.495. The zero-order valence-corrected chi connectivity index (χ0v) is 17.6. The Kier molecular flexibility index (Phi) is 6.43. The lowest BCUT2D eigenvalue weighted by molar-refractivity contribution is -0.142. The van der Waals surface area contributed by atoms with Crippen LogP contribution in [0.1, 0.15) is 5.56 Å². The second-order valence-electron chi connectivity index (χ2n) is 5.55. The lowest BCUT2D eigenvalue weighted by Crippen LogP contribution is -2.27. The number of halogens is 2. The van der Waals surface area contributed by atoms with Crippen LogP contribution >= 0.6 is 39.3 Å². The van der Waals surface area contributed by atoms with Crippen LogP contribution in [0.25, 0.3) is 6.08 Å². The number of carbonyl (C=O) groups is 3. The van der Waals surface area contributed by atoms with Crippen LogP contribution in [-0.2, 0) is 14.3 Å². The third-order valence-electron chi connectivity index (χ3n) is 3.69. The molecule has 1 fully saturated rings. The molecule has 9 heteroatoms. The molecule has 0 bridgehead atoms. The highest BCUT2D eigenvalue weighted by molar-refractivity contribution is 9.10. The van der Waals surface area contributed by atoms with Gasteiger partial charge in [-0.05, 0) is 69.7 Å². The molecular weight excluding hydrogens is 470 g/mol. The monoisotopic (exact) mass is 481 g/mol. The lowest BCUT2D eigenvalue weighted by atomic mass is 10.2. The predicted octanol–water partition coefficient (Wildman–Crippen LogP) is 4.90. The number of hydrogen-bond donors (Lipinski definition) is 0. The quantitative estimate of drug-likeness (QED) is 0.446. The van der Waals surface area contributed by atoms with Crippen molar-refractivity contribution in [1.29, 1.82) is 0 Å². The van der Waals surface area contributed by atoms with Crippen molar-refractivity contribution in [1.82, 2.24) is 0 Å². The Morgan fingerprint density at radius 3 is 2.71 bits per heavy atom. The van der Waals surface area contributed by atoms with E-state index in [9.17, 15) is 14.4 Å². The largest absolute Gasteiger partial charge is 0.481 e. The Labute approximate surface area is 178 Å². The smallest absolute Gasteiger partial charge is 0.343 e. The fourth-order valence-electron chi connectivity index (χ4n) is 2.38. The van der Waals surface area contributed by atoms with Gasteiger partial charge in [-0.1, -0.05) is 23.7 Å². The summed E-state index contributed by atoms with van der Waals surface area (Å²) in [7, 11) is 1.28. The molecule has 0 unspecified atom stereocenters. The fourth-order valence-corrected chi connectivity index (χ4v) is 3.91. The number of amides is 2. The van der Waals surface area contributed by atoms with Crippen molar-refractivity contribution < 1.29 is 23.9 Å². The third kappa shape index (κ3) is 4.57. The zero-order chi connectivity index (χ0) is 20.3. The van der Waals surface area contributed by atoms with Crippen LogP contribution in [0.4, 0.5) is 10.5 Å². The molecule has 2 aromatic rings. The molecule has 0 N–H and O–H groups in total. The van der Waals surface area contributed by atoms with E-state index in [0.29, 0.717) is 31.4 Å². The van der Waals surface area contributed by atoms with E-state index in [4.69, 9.17) is 16.3 Å². The van der Waals surface area contributed by atoms with Gasteiger partial charge < -0.3 is 9.47 Å². The molecule has 1 heterocycles. The number of hydrogen-bond acceptors (Lipinski definition) is 6. The van der Waals surface area contributed by atoms with Crippen LogP contribution in [0, 0.1) is 0 Å². The van der Waals surface area contributed by atoms with E-state index >= 15 is 0 Å². The summed E-state index contributed by atoms with van der Waals surface area (Å²) in [6.45, 7) is -0.215. The summed E-state index contributed by atoms with van der Waals surface area (Å²) in [6.07, 6.45) is 1.62. The van der Waals surface area contributed by atoms with Crippen molar-refractivity contribution in [3.63, 3.8) is 0 Å².